The van der Waals surface area contributed by atoms with Gasteiger partial charge in [0.05, 0.1) is 18.6 Å². The molecule has 9 N–H and O–H groups in total. The molecule has 0 saturated heterocycles. The maximum absolute atomic E-state index is 12.9. The number of rotatable bonds is 13. The maximum Gasteiger partial charge on any atom is 0.251 e. The molecule has 0 aliphatic rings. The Bertz CT molecular complexity index is 1430. The molecule has 0 saturated carbocycles. The van der Waals surface area contributed by atoms with E-state index in [1.807, 2.05) is 13.8 Å². The molecular weight excluding hydrogens is 520 g/mol. The molecule has 3 aromatic carbocycles. The fourth-order valence-corrected chi connectivity index (χ4v) is 3.69. The molecule has 0 spiro atoms. The number of amides is 2. The third-order valence-corrected chi connectivity index (χ3v) is 5.82. The van der Waals surface area contributed by atoms with Crippen molar-refractivity contribution in [2.75, 3.05) is 18.8 Å². The van der Waals surface area contributed by atoms with Gasteiger partial charge in [-0.2, -0.15) is 0 Å². The maximum atomic E-state index is 12.9. The molecule has 3 aromatic rings. The van der Waals surface area contributed by atoms with Gasteiger partial charge in [-0.3, -0.25) is 25.0 Å². The minimum absolute atomic E-state index is 0.0209. The number of phenols is 1. The molecule has 3 rings (SSSR count). The molecular formula is C30H36N8O3. The van der Waals surface area contributed by atoms with Crippen molar-refractivity contribution in [3.8, 4) is 5.75 Å². The number of nitrogens with two attached hydrogens (primary N) is 2. The highest BCUT2D eigenvalue weighted by Gasteiger charge is 2.12. The lowest BCUT2D eigenvalue weighted by Gasteiger charge is -2.11. The Balaban J connectivity index is 1.73. The normalized spacial score (nSPS) is 11.4. The molecule has 0 aliphatic carbocycles. The lowest BCUT2D eigenvalue weighted by atomic mass is 10.0. The van der Waals surface area contributed by atoms with Gasteiger partial charge in [-0.05, 0) is 55.3 Å². The first kappa shape index (κ1) is 30.4. The molecule has 11 nitrogen and oxygen atoms in total. The standard InChI is InChI=1S/C30H36N8O3/c1-19(2)38-18-34-16-27(35-17-28(40)36-14-20-6-8-22(9-7-20)29(32)33)23-11-24(13-25(31)12-23)30(41)37-15-21-4-3-5-26(39)10-21/h3-13,18-19,39H,14-17,31H2,1-2H3,(H3,32,33)(H,34,38)(H,36,40)(H,37,41). The van der Waals surface area contributed by atoms with Gasteiger partial charge in [0.15, 0.2) is 0 Å². The van der Waals surface area contributed by atoms with Gasteiger partial charge in [-0.15, -0.1) is 0 Å². The Morgan fingerprint density at radius 3 is 2.32 bits per heavy atom. The van der Waals surface area contributed by atoms with Gasteiger partial charge in [-0.1, -0.05) is 36.4 Å². The minimum Gasteiger partial charge on any atom is -0.508 e. The van der Waals surface area contributed by atoms with Gasteiger partial charge in [0.25, 0.3) is 5.91 Å². The van der Waals surface area contributed by atoms with Crippen molar-refractivity contribution in [2.24, 2.45) is 15.7 Å². The summed E-state index contributed by atoms with van der Waals surface area (Å²) >= 11 is 0. The van der Waals surface area contributed by atoms with Crippen molar-refractivity contribution in [2.45, 2.75) is 33.0 Å². The van der Waals surface area contributed by atoms with Crippen LogP contribution in [0.1, 0.15) is 46.5 Å². The Morgan fingerprint density at radius 2 is 1.63 bits per heavy atom. The smallest absolute Gasteiger partial charge is 0.251 e. The number of benzene rings is 3. The molecule has 0 atom stereocenters. The fraction of sp³-hybridized carbons (Fsp3) is 0.233. The number of carbonyl (C=O) groups is 2. The Morgan fingerprint density at radius 1 is 0.927 bits per heavy atom. The first-order chi connectivity index (χ1) is 19.6. The van der Waals surface area contributed by atoms with Crippen molar-refractivity contribution in [3.63, 3.8) is 0 Å². The Kier molecular flexibility index (Phi) is 11.0. The van der Waals surface area contributed by atoms with Gasteiger partial charge in [-0.25, -0.2) is 0 Å². The molecule has 0 bridgehead atoms. The number of hydrogen-bond donors (Lipinski definition) is 7. The number of aromatic hydroxyl groups is 1. The molecule has 41 heavy (non-hydrogen) atoms. The zero-order chi connectivity index (χ0) is 29.8. The van der Waals surface area contributed by atoms with Crippen LogP contribution in [0.4, 0.5) is 5.69 Å². The molecule has 2 amide bonds. The fourth-order valence-electron chi connectivity index (χ4n) is 3.69. The lowest BCUT2D eigenvalue weighted by molar-refractivity contribution is -0.119. The summed E-state index contributed by atoms with van der Waals surface area (Å²) in [6, 6.07) is 18.8. The molecule has 11 heteroatoms. The highest BCUT2D eigenvalue weighted by atomic mass is 16.3. The molecule has 0 heterocycles. The summed E-state index contributed by atoms with van der Waals surface area (Å²) in [5.74, 6) is -0.547. The third-order valence-electron chi connectivity index (χ3n) is 5.82. The van der Waals surface area contributed by atoms with Crippen LogP contribution in [-0.2, 0) is 17.9 Å². The summed E-state index contributed by atoms with van der Waals surface area (Å²) in [6.07, 6.45) is 1.58. The average Bonchev–Trinajstić information content (AvgIpc) is 2.94. The van der Waals surface area contributed by atoms with Crippen LogP contribution in [0.15, 0.2) is 76.7 Å². The SMILES string of the molecule is CC(C)NC=NCC(=NCC(=O)NCc1ccc(C(=N)N)cc1)c1cc(N)cc(C(=O)NCc2cccc(O)c2)c1. The molecule has 0 unspecified atom stereocenters. The quantitative estimate of drug-likeness (QED) is 0.0959. The topological polar surface area (TPSA) is 191 Å². The van der Waals surface area contributed by atoms with Crippen molar-refractivity contribution in [1.82, 2.24) is 16.0 Å². The van der Waals surface area contributed by atoms with Crippen LogP contribution in [-0.4, -0.2) is 53.9 Å². The van der Waals surface area contributed by atoms with Crippen molar-refractivity contribution >= 4 is 35.4 Å². The number of anilines is 1. The minimum atomic E-state index is -0.347. The van der Waals surface area contributed by atoms with Gasteiger partial charge in [0.2, 0.25) is 5.91 Å². The first-order valence-corrected chi connectivity index (χ1v) is 13.1. The van der Waals surface area contributed by atoms with Crippen molar-refractivity contribution in [1.29, 1.82) is 5.41 Å². The molecule has 0 radical (unpaired) electrons. The van der Waals surface area contributed by atoms with Gasteiger partial charge >= 0.3 is 0 Å². The Labute approximate surface area is 239 Å². The number of aliphatic imine (C=N–C) groups is 2. The van der Waals surface area contributed by atoms with E-state index in [0.717, 1.165) is 11.1 Å². The first-order valence-electron chi connectivity index (χ1n) is 13.1. The largest absolute Gasteiger partial charge is 0.508 e. The number of nitrogens with one attached hydrogen (secondary N) is 4. The number of phenolic OH excluding ortho intramolecular Hbond substituents is 1. The number of amidine groups is 1. The zero-order valence-corrected chi connectivity index (χ0v) is 23.1. The summed E-state index contributed by atoms with van der Waals surface area (Å²) < 4.78 is 0. The van der Waals surface area contributed by atoms with Crippen LogP contribution in [0.2, 0.25) is 0 Å². The van der Waals surface area contributed by atoms with E-state index in [4.69, 9.17) is 16.9 Å². The second-order valence-electron chi connectivity index (χ2n) is 9.64. The summed E-state index contributed by atoms with van der Waals surface area (Å²) in [5, 5.41) is 25.9. The van der Waals surface area contributed by atoms with E-state index in [9.17, 15) is 14.7 Å². The van der Waals surface area contributed by atoms with E-state index in [-0.39, 0.29) is 49.1 Å². The predicted octanol–water partition coefficient (Wildman–Crippen LogP) is 2.32. The van der Waals surface area contributed by atoms with E-state index in [2.05, 4.69) is 25.9 Å². The Hall–Kier alpha value is -5.19. The second-order valence-corrected chi connectivity index (χ2v) is 9.64. The summed E-state index contributed by atoms with van der Waals surface area (Å²) in [4.78, 5) is 34.4. The molecule has 0 aliphatic heterocycles. The van der Waals surface area contributed by atoms with Crippen molar-refractivity contribution < 1.29 is 14.7 Å². The highest BCUT2D eigenvalue weighted by Crippen LogP contribution is 2.15. The number of hydrogen-bond acceptors (Lipinski definition) is 7. The average molecular weight is 557 g/mol. The van der Waals surface area contributed by atoms with Crippen LogP contribution < -0.4 is 27.4 Å². The lowest BCUT2D eigenvalue weighted by Crippen LogP contribution is -2.26. The monoisotopic (exact) mass is 556 g/mol. The van der Waals surface area contributed by atoms with E-state index in [1.54, 1.807) is 73.1 Å². The highest BCUT2D eigenvalue weighted by molar-refractivity contribution is 6.06. The second kappa shape index (κ2) is 14.8. The summed E-state index contributed by atoms with van der Waals surface area (Å²) in [7, 11) is 0. The van der Waals surface area contributed by atoms with Crippen LogP contribution in [0.5, 0.6) is 5.75 Å². The van der Waals surface area contributed by atoms with Crippen LogP contribution in [0, 0.1) is 5.41 Å². The number of nitrogens with zero attached hydrogens (tertiary/aromatic N) is 2. The van der Waals surface area contributed by atoms with Crippen LogP contribution >= 0.6 is 0 Å². The molecule has 0 aromatic heterocycles. The predicted molar refractivity (Wildman–Crippen MR) is 162 cm³/mol. The van der Waals surface area contributed by atoms with Gasteiger partial charge < -0.3 is 32.5 Å². The van der Waals surface area contributed by atoms with Gasteiger partial charge in [0.1, 0.15) is 18.1 Å². The zero-order valence-electron chi connectivity index (χ0n) is 23.1. The number of nitrogen functional groups attached to an aromatic ring is 2. The van der Waals surface area contributed by atoms with E-state index in [1.165, 1.54) is 0 Å². The molecule has 214 valence electrons. The number of carbonyl (C=O) groups excluding carboxylic acids is 2. The summed E-state index contributed by atoms with van der Waals surface area (Å²) in [6.45, 7) is 4.49. The van der Waals surface area contributed by atoms with E-state index >= 15 is 0 Å². The van der Waals surface area contributed by atoms with Gasteiger partial charge in [0, 0.05) is 41.5 Å². The van der Waals surface area contributed by atoms with E-state index in [0.29, 0.717) is 34.6 Å². The molecule has 0 fully saturated rings. The van der Waals surface area contributed by atoms with Crippen LogP contribution in [0.25, 0.3) is 0 Å². The third kappa shape index (κ3) is 10.1. The van der Waals surface area contributed by atoms with E-state index < -0.39 is 0 Å². The van der Waals surface area contributed by atoms with Crippen molar-refractivity contribution in [3.05, 3.63) is 94.5 Å². The van der Waals surface area contributed by atoms with Crippen LogP contribution in [0.3, 0.4) is 0 Å². The summed E-state index contributed by atoms with van der Waals surface area (Å²) in [5.41, 5.74) is 15.6.